The van der Waals surface area contributed by atoms with E-state index in [9.17, 15) is 9.59 Å². The molecule has 2 amide bonds. The van der Waals surface area contributed by atoms with Crippen molar-refractivity contribution >= 4 is 29.9 Å². The van der Waals surface area contributed by atoms with Crippen molar-refractivity contribution in [1.82, 2.24) is 19.8 Å². The Morgan fingerprint density at radius 1 is 1.42 bits per heavy atom. The average Bonchev–Trinajstić information content (AvgIpc) is 2.98. The number of hydrogen-bond donors (Lipinski definition) is 0. The van der Waals surface area contributed by atoms with E-state index in [0.29, 0.717) is 32.0 Å². The van der Waals surface area contributed by atoms with Crippen LogP contribution in [0.1, 0.15) is 18.5 Å². The van der Waals surface area contributed by atoms with Gasteiger partial charge in [0, 0.05) is 13.1 Å². The van der Waals surface area contributed by atoms with E-state index in [4.69, 9.17) is 21.6 Å². The Kier molecular flexibility index (Phi) is 4.07. The smallest absolute Gasteiger partial charge is 0.410 e. The van der Waals surface area contributed by atoms with Gasteiger partial charge in [0.1, 0.15) is 11.9 Å². The lowest BCUT2D eigenvalue weighted by Gasteiger charge is -2.44. The van der Waals surface area contributed by atoms with E-state index in [0.717, 1.165) is 25.8 Å². The molecule has 3 fully saturated rings. The maximum absolute atomic E-state index is 12.4. The third kappa shape index (κ3) is 2.80. The topological polar surface area (TPSA) is 103 Å². The molecule has 4 rings (SSSR count). The quantitative estimate of drug-likeness (QED) is 0.713. The largest absolute Gasteiger partial charge is 0.437 e. The summed E-state index contributed by atoms with van der Waals surface area (Å²) in [7, 11) is 0. The first-order valence-corrected chi connectivity index (χ1v) is 8.78. The lowest BCUT2D eigenvalue weighted by atomic mass is 9.94. The Morgan fingerprint density at radius 2 is 2.23 bits per heavy atom. The second-order valence-corrected chi connectivity index (χ2v) is 7.27. The van der Waals surface area contributed by atoms with E-state index in [1.165, 1.54) is 6.20 Å². The first kappa shape index (κ1) is 16.8. The van der Waals surface area contributed by atoms with Crippen molar-refractivity contribution in [1.29, 1.82) is 5.26 Å². The van der Waals surface area contributed by atoms with Gasteiger partial charge in [-0.1, -0.05) is 11.6 Å². The first-order chi connectivity index (χ1) is 12.5. The standard InChI is InChI=1S/C16H17ClN6O3/c17-14-12(4-18)19-5-13(20-14)22-3-1-2-11(6-22)23-9-16(26-15(23)25)7-21(8-16)10-24/h5,10-11H,1-3,6-9H2. The van der Waals surface area contributed by atoms with E-state index in [1.807, 2.05) is 11.0 Å². The van der Waals surface area contributed by atoms with Crippen molar-refractivity contribution in [2.45, 2.75) is 24.5 Å². The number of nitrogens with zero attached hydrogens (tertiary/aromatic N) is 6. The van der Waals surface area contributed by atoms with Crippen LogP contribution in [-0.4, -0.2) is 76.6 Å². The van der Waals surface area contributed by atoms with Gasteiger partial charge in [0.25, 0.3) is 0 Å². The van der Waals surface area contributed by atoms with Crippen LogP contribution in [0.25, 0.3) is 0 Å². The summed E-state index contributed by atoms with van der Waals surface area (Å²) in [6.07, 6.45) is 3.74. The van der Waals surface area contributed by atoms with Gasteiger partial charge in [-0.2, -0.15) is 5.26 Å². The number of carbonyl (C=O) groups excluding carboxylic acids is 2. The molecule has 1 atom stereocenters. The third-order valence-electron chi connectivity index (χ3n) is 5.11. The number of halogens is 1. The summed E-state index contributed by atoms with van der Waals surface area (Å²) in [5.74, 6) is 0.594. The number of carbonyl (C=O) groups is 2. The number of likely N-dealkylation sites (tertiary alicyclic amines) is 1. The van der Waals surface area contributed by atoms with Crippen molar-refractivity contribution in [3.05, 3.63) is 17.0 Å². The summed E-state index contributed by atoms with van der Waals surface area (Å²) in [4.78, 5) is 36.8. The van der Waals surface area contributed by atoms with E-state index in [1.54, 1.807) is 9.80 Å². The maximum atomic E-state index is 12.4. The summed E-state index contributed by atoms with van der Waals surface area (Å²) in [5.41, 5.74) is -0.462. The molecular formula is C16H17ClN6O3. The zero-order chi connectivity index (χ0) is 18.3. The van der Waals surface area contributed by atoms with Gasteiger partial charge in [0.05, 0.1) is 31.9 Å². The van der Waals surface area contributed by atoms with Gasteiger partial charge >= 0.3 is 6.09 Å². The van der Waals surface area contributed by atoms with E-state index in [-0.39, 0.29) is 23.0 Å². The number of nitriles is 1. The van der Waals surface area contributed by atoms with E-state index >= 15 is 0 Å². The van der Waals surface area contributed by atoms with Gasteiger partial charge in [-0.15, -0.1) is 0 Å². The second-order valence-electron chi connectivity index (χ2n) is 6.91. The van der Waals surface area contributed by atoms with Crippen LogP contribution in [0, 0.1) is 11.3 Å². The minimum absolute atomic E-state index is 0.00266. The van der Waals surface area contributed by atoms with Crippen LogP contribution in [0.3, 0.4) is 0 Å². The lowest BCUT2D eigenvalue weighted by Crippen LogP contribution is -2.63. The molecule has 0 aliphatic carbocycles. The number of hydrogen-bond acceptors (Lipinski definition) is 7. The minimum Gasteiger partial charge on any atom is -0.437 e. The highest BCUT2D eigenvalue weighted by Gasteiger charge is 2.55. The number of aromatic nitrogens is 2. The molecule has 0 aromatic carbocycles. The molecule has 0 radical (unpaired) electrons. The fraction of sp³-hybridized carbons (Fsp3) is 0.562. The monoisotopic (exact) mass is 376 g/mol. The van der Waals surface area contributed by atoms with E-state index in [2.05, 4.69) is 9.97 Å². The highest BCUT2D eigenvalue weighted by atomic mass is 35.5. The second kappa shape index (κ2) is 6.29. The van der Waals surface area contributed by atoms with Crippen molar-refractivity contribution in [3.63, 3.8) is 0 Å². The number of amides is 2. The molecule has 9 nitrogen and oxygen atoms in total. The predicted molar refractivity (Wildman–Crippen MR) is 90.5 cm³/mol. The van der Waals surface area contributed by atoms with Crippen LogP contribution in [0.5, 0.6) is 0 Å². The number of piperidine rings is 1. The zero-order valence-corrected chi connectivity index (χ0v) is 14.7. The summed E-state index contributed by atoms with van der Waals surface area (Å²) >= 11 is 5.99. The van der Waals surface area contributed by atoms with Crippen LogP contribution >= 0.6 is 11.6 Å². The van der Waals surface area contributed by atoms with Gasteiger partial charge < -0.3 is 14.5 Å². The molecule has 0 N–H and O–H groups in total. The van der Waals surface area contributed by atoms with E-state index < -0.39 is 5.60 Å². The minimum atomic E-state index is -0.558. The normalized spacial score (nSPS) is 24.2. The maximum Gasteiger partial charge on any atom is 0.410 e. The van der Waals surface area contributed by atoms with Gasteiger partial charge in [0.15, 0.2) is 16.4 Å². The third-order valence-corrected chi connectivity index (χ3v) is 5.38. The van der Waals surface area contributed by atoms with Crippen LogP contribution in [-0.2, 0) is 9.53 Å². The van der Waals surface area contributed by atoms with Gasteiger partial charge in [-0.3, -0.25) is 9.69 Å². The average molecular weight is 377 g/mol. The van der Waals surface area contributed by atoms with Crippen LogP contribution in [0.15, 0.2) is 6.20 Å². The molecule has 0 saturated carbocycles. The molecule has 136 valence electrons. The number of anilines is 1. The molecule has 1 unspecified atom stereocenters. The lowest BCUT2D eigenvalue weighted by molar-refractivity contribution is -0.136. The Balaban J connectivity index is 1.46. The Labute approximate surface area is 155 Å². The molecule has 3 aliphatic heterocycles. The van der Waals surface area contributed by atoms with Crippen LogP contribution in [0.4, 0.5) is 10.6 Å². The molecule has 4 heterocycles. The zero-order valence-electron chi connectivity index (χ0n) is 14.0. The Bertz CT molecular complexity index is 791. The molecule has 1 aromatic rings. The summed E-state index contributed by atoms with van der Waals surface area (Å²) in [6.45, 7) is 2.77. The fourth-order valence-electron chi connectivity index (χ4n) is 3.86. The summed E-state index contributed by atoms with van der Waals surface area (Å²) in [5, 5.41) is 8.99. The van der Waals surface area contributed by atoms with Gasteiger partial charge in [0.2, 0.25) is 6.41 Å². The van der Waals surface area contributed by atoms with Gasteiger partial charge in [-0.05, 0) is 12.8 Å². The van der Waals surface area contributed by atoms with Crippen molar-refractivity contribution in [2.24, 2.45) is 0 Å². The molecule has 26 heavy (non-hydrogen) atoms. The van der Waals surface area contributed by atoms with Crippen molar-refractivity contribution < 1.29 is 14.3 Å². The molecule has 1 spiro atoms. The highest BCUT2D eigenvalue weighted by Crippen LogP contribution is 2.34. The molecule has 0 bridgehead atoms. The molecular weight excluding hydrogens is 360 g/mol. The highest BCUT2D eigenvalue weighted by molar-refractivity contribution is 6.30. The molecule has 1 aromatic heterocycles. The van der Waals surface area contributed by atoms with Crippen LogP contribution in [0.2, 0.25) is 5.15 Å². The molecule has 10 heteroatoms. The first-order valence-electron chi connectivity index (χ1n) is 8.40. The van der Waals surface area contributed by atoms with Gasteiger partial charge in [-0.25, -0.2) is 14.8 Å². The number of ether oxygens (including phenoxy) is 1. The van der Waals surface area contributed by atoms with Crippen molar-refractivity contribution in [2.75, 3.05) is 37.6 Å². The SMILES string of the molecule is N#Cc1ncc(N2CCCC(N3CC4(CN(C=O)C4)OC3=O)C2)nc1Cl. The summed E-state index contributed by atoms with van der Waals surface area (Å²) in [6, 6.07) is 1.89. The van der Waals surface area contributed by atoms with Crippen molar-refractivity contribution in [3.8, 4) is 6.07 Å². The summed E-state index contributed by atoms with van der Waals surface area (Å²) < 4.78 is 5.56. The molecule has 3 saturated heterocycles. The fourth-order valence-corrected chi connectivity index (χ4v) is 4.04. The predicted octanol–water partition coefficient (Wildman–Crippen LogP) is 0.633. The molecule has 3 aliphatic rings. The Hall–Kier alpha value is -2.60. The number of rotatable bonds is 3. The Morgan fingerprint density at radius 3 is 2.92 bits per heavy atom. The van der Waals surface area contributed by atoms with Crippen LogP contribution < -0.4 is 4.90 Å².